The van der Waals surface area contributed by atoms with Gasteiger partial charge in [-0.2, -0.15) is 0 Å². The van der Waals surface area contributed by atoms with Crippen LogP contribution in [0.2, 0.25) is 0 Å². The highest BCUT2D eigenvalue weighted by atomic mass is 16.5. The summed E-state index contributed by atoms with van der Waals surface area (Å²) in [6.45, 7) is 9.40. The Bertz CT molecular complexity index is 755. The van der Waals surface area contributed by atoms with Gasteiger partial charge in [0.1, 0.15) is 12.4 Å². The molecule has 2 aliphatic carbocycles. The zero-order chi connectivity index (χ0) is 21.2. The third kappa shape index (κ3) is 4.42. The standard InChI is InChI=1S/C25H36O4/c1-17-6-11-22-24(2,3)12-5-13-25(22,4)20(17)9-7-18(15-26)8-10-21-19(16-27)14-23(28)29-21/h8,14-15,21-22,27H,5-7,9-13,16H2,1-4H3/b18-8+/t21-,22?,25-/m1/s1. The van der Waals surface area contributed by atoms with E-state index in [-0.39, 0.29) is 12.0 Å². The molecule has 1 fully saturated rings. The number of allylic oxidation sites excluding steroid dienone is 3. The first-order valence-corrected chi connectivity index (χ1v) is 11.1. The molecule has 0 aromatic carbocycles. The average Bonchev–Trinajstić information content (AvgIpc) is 3.02. The SMILES string of the molecule is CC1=C(CC/C(C=O)=C\C[C@H]2OC(=O)C=C2CO)[C@@]2(C)CCCC(C)(C)C2CC1. The van der Waals surface area contributed by atoms with Crippen molar-refractivity contribution in [3.8, 4) is 0 Å². The number of carbonyl (C=O) groups is 2. The second kappa shape index (κ2) is 8.59. The molecule has 0 amide bonds. The zero-order valence-corrected chi connectivity index (χ0v) is 18.4. The lowest BCUT2D eigenvalue weighted by Gasteiger charge is -2.55. The molecule has 0 aromatic rings. The Morgan fingerprint density at radius 1 is 1.31 bits per heavy atom. The van der Waals surface area contributed by atoms with E-state index in [2.05, 4.69) is 27.7 Å². The number of esters is 1. The molecular weight excluding hydrogens is 364 g/mol. The molecule has 3 atom stereocenters. The predicted molar refractivity (Wildman–Crippen MR) is 114 cm³/mol. The number of hydrogen-bond donors (Lipinski definition) is 1. The fourth-order valence-corrected chi connectivity index (χ4v) is 6.27. The molecule has 160 valence electrons. The molecule has 3 aliphatic rings. The first-order chi connectivity index (χ1) is 13.7. The van der Waals surface area contributed by atoms with Gasteiger partial charge in [0.25, 0.3) is 0 Å². The molecule has 0 aromatic heterocycles. The Hall–Kier alpha value is -1.68. The van der Waals surface area contributed by atoms with Crippen molar-refractivity contribution in [2.45, 2.75) is 85.2 Å². The summed E-state index contributed by atoms with van der Waals surface area (Å²) < 4.78 is 5.22. The van der Waals surface area contributed by atoms with Crippen molar-refractivity contribution in [3.05, 3.63) is 34.4 Å². The number of hydrogen-bond acceptors (Lipinski definition) is 4. The van der Waals surface area contributed by atoms with Crippen LogP contribution in [-0.2, 0) is 14.3 Å². The smallest absolute Gasteiger partial charge is 0.331 e. The molecular formula is C25H36O4. The highest BCUT2D eigenvalue weighted by Crippen LogP contribution is 2.60. The lowest BCUT2D eigenvalue weighted by molar-refractivity contribution is -0.138. The molecule has 0 bridgehead atoms. The third-order valence-electron chi connectivity index (χ3n) is 7.81. The summed E-state index contributed by atoms with van der Waals surface area (Å²) >= 11 is 0. The van der Waals surface area contributed by atoms with Gasteiger partial charge in [-0.25, -0.2) is 4.79 Å². The molecule has 0 saturated heterocycles. The molecule has 4 nitrogen and oxygen atoms in total. The van der Waals surface area contributed by atoms with Crippen LogP contribution < -0.4 is 0 Å². The Kier molecular flexibility index (Phi) is 6.52. The summed E-state index contributed by atoms with van der Waals surface area (Å²) in [5.41, 5.74) is 5.04. The Morgan fingerprint density at radius 2 is 2.07 bits per heavy atom. The quantitative estimate of drug-likeness (QED) is 0.280. The number of cyclic esters (lactones) is 1. The van der Waals surface area contributed by atoms with Crippen LogP contribution in [0.1, 0.15) is 79.1 Å². The van der Waals surface area contributed by atoms with Gasteiger partial charge in [0.05, 0.1) is 6.61 Å². The second-order valence-electron chi connectivity index (χ2n) is 10.0. The topological polar surface area (TPSA) is 63.6 Å². The van der Waals surface area contributed by atoms with Gasteiger partial charge in [-0.1, -0.05) is 44.4 Å². The number of aliphatic hydroxyl groups excluding tert-OH is 1. The van der Waals surface area contributed by atoms with Gasteiger partial charge in [0, 0.05) is 18.1 Å². The summed E-state index contributed by atoms with van der Waals surface area (Å²) in [6.07, 6.45) is 12.1. The summed E-state index contributed by atoms with van der Waals surface area (Å²) in [6, 6.07) is 0. The van der Waals surface area contributed by atoms with E-state index in [0.29, 0.717) is 23.3 Å². The van der Waals surface area contributed by atoms with Crippen molar-refractivity contribution >= 4 is 12.3 Å². The largest absolute Gasteiger partial charge is 0.454 e. The molecule has 1 N–H and O–H groups in total. The van der Waals surface area contributed by atoms with E-state index >= 15 is 0 Å². The molecule has 1 heterocycles. The number of aliphatic hydroxyl groups is 1. The molecule has 1 saturated carbocycles. The third-order valence-corrected chi connectivity index (χ3v) is 7.81. The minimum atomic E-state index is -0.445. The maximum Gasteiger partial charge on any atom is 0.331 e. The molecule has 3 rings (SSSR count). The first-order valence-electron chi connectivity index (χ1n) is 11.1. The summed E-state index contributed by atoms with van der Waals surface area (Å²) in [4.78, 5) is 23.1. The van der Waals surface area contributed by atoms with E-state index in [4.69, 9.17) is 4.74 Å². The predicted octanol–water partition coefficient (Wildman–Crippen LogP) is 5.07. The van der Waals surface area contributed by atoms with Crippen molar-refractivity contribution in [1.82, 2.24) is 0 Å². The number of rotatable bonds is 7. The monoisotopic (exact) mass is 400 g/mol. The number of ether oxygens (including phenoxy) is 1. The fourth-order valence-electron chi connectivity index (χ4n) is 6.27. The van der Waals surface area contributed by atoms with Gasteiger partial charge < -0.3 is 9.84 Å². The molecule has 0 spiro atoms. The van der Waals surface area contributed by atoms with E-state index in [1.807, 2.05) is 6.08 Å². The van der Waals surface area contributed by atoms with Crippen LogP contribution in [0, 0.1) is 16.7 Å². The molecule has 29 heavy (non-hydrogen) atoms. The van der Waals surface area contributed by atoms with Gasteiger partial charge in [-0.3, -0.25) is 4.79 Å². The van der Waals surface area contributed by atoms with Crippen LogP contribution >= 0.6 is 0 Å². The van der Waals surface area contributed by atoms with Gasteiger partial charge in [0.2, 0.25) is 0 Å². The van der Waals surface area contributed by atoms with Crippen LogP contribution in [0.15, 0.2) is 34.4 Å². The molecule has 0 radical (unpaired) electrons. The van der Waals surface area contributed by atoms with E-state index in [0.717, 1.165) is 24.7 Å². The number of fused-ring (bicyclic) bond motifs is 1. The van der Waals surface area contributed by atoms with Gasteiger partial charge in [-0.15, -0.1) is 0 Å². The van der Waals surface area contributed by atoms with Crippen LogP contribution in [0.25, 0.3) is 0 Å². The van der Waals surface area contributed by atoms with E-state index in [9.17, 15) is 14.7 Å². The zero-order valence-electron chi connectivity index (χ0n) is 18.4. The van der Waals surface area contributed by atoms with Gasteiger partial charge in [0.15, 0.2) is 0 Å². The van der Waals surface area contributed by atoms with Gasteiger partial charge >= 0.3 is 5.97 Å². The highest BCUT2D eigenvalue weighted by molar-refractivity contribution is 5.86. The summed E-state index contributed by atoms with van der Waals surface area (Å²) in [5.74, 6) is 0.295. The Balaban J connectivity index is 1.70. The minimum Gasteiger partial charge on any atom is -0.454 e. The van der Waals surface area contributed by atoms with Crippen LogP contribution in [0.3, 0.4) is 0 Å². The normalized spacial score (nSPS) is 32.0. The fraction of sp³-hybridized carbons (Fsp3) is 0.680. The van der Waals surface area contributed by atoms with E-state index in [1.54, 1.807) is 5.57 Å². The molecule has 1 unspecified atom stereocenters. The van der Waals surface area contributed by atoms with Crippen LogP contribution in [0.4, 0.5) is 0 Å². The van der Waals surface area contributed by atoms with Crippen molar-refractivity contribution < 1.29 is 19.4 Å². The van der Waals surface area contributed by atoms with Crippen molar-refractivity contribution in [1.29, 1.82) is 0 Å². The van der Waals surface area contributed by atoms with Crippen molar-refractivity contribution in [2.24, 2.45) is 16.7 Å². The van der Waals surface area contributed by atoms with Crippen LogP contribution in [-0.4, -0.2) is 30.1 Å². The lowest BCUT2D eigenvalue weighted by Crippen LogP contribution is -2.45. The lowest BCUT2D eigenvalue weighted by atomic mass is 9.50. The minimum absolute atomic E-state index is 0.192. The van der Waals surface area contributed by atoms with Crippen LogP contribution in [0.5, 0.6) is 0 Å². The average molecular weight is 401 g/mol. The van der Waals surface area contributed by atoms with Crippen molar-refractivity contribution in [2.75, 3.05) is 6.61 Å². The number of aldehydes is 1. The second-order valence-corrected chi connectivity index (χ2v) is 10.0. The van der Waals surface area contributed by atoms with Gasteiger partial charge in [-0.05, 0) is 67.8 Å². The van der Waals surface area contributed by atoms with Crippen molar-refractivity contribution in [3.63, 3.8) is 0 Å². The maximum atomic E-state index is 11.7. The first kappa shape index (κ1) is 22.0. The Morgan fingerprint density at radius 3 is 2.76 bits per heavy atom. The van der Waals surface area contributed by atoms with E-state index < -0.39 is 12.1 Å². The molecule has 4 heteroatoms. The Labute approximate surface area is 175 Å². The highest BCUT2D eigenvalue weighted by Gasteiger charge is 2.49. The molecule has 1 aliphatic heterocycles. The summed E-state index contributed by atoms with van der Waals surface area (Å²) in [5, 5.41) is 9.36. The van der Waals surface area contributed by atoms with E-state index in [1.165, 1.54) is 43.8 Å². The number of carbonyl (C=O) groups excluding carboxylic acids is 2. The summed E-state index contributed by atoms with van der Waals surface area (Å²) in [7, 11) is 0. The maximum absolute atomic E-state index is 11.7.